The summed E-state index contributed by atoms with van der Waals surface area (Å²) in [4.78, 5) is 30.4. The number of nitrogens with zero attached hydrogens (tertiary/aromatic N) is 3. The molecule has 0 aliphatic heterocycles. The highest BCUT2D eigenvalue weighted by Crippen LogP contribution is 2.23. The predicted molar refractivity (Wildman–Crippen MR) is 141 cm³/mol. The molecule has 1 heterocycles. The monoisotopic (exact) mass is 552 g/mol. The van der Waals surface area contributed by atoms with Crippen molar-refractivity contribution in [3.05, 3.63) is 87.1 Å². The summed E-state index contributed by atoms with van der Waals surface area (Å²) >= 11 is 4.57. The Kier molecular flexibility index (Phi) is 7.84. The number of carbonyl (C=O) groups is 1. The summed E-state index contributed by atoms with van der Waals surface area (Å²) in [6.45, 7) is 0. The van der Waals surface area contributed by atoms with Crippen molar-refractivity contribution in [2.24, 2.45) is 5.10 Å². The molecule has 0 spiro atoms. The number of thioether (sulfide) groups is 1. The van der Waals surface area contributed by atoms with E-state index in [0.717, 1.165) is 16.2 Å². The van der Waals surface area contributed by atoms with Gasteiger partial charge in [0.15, 0.2) is 5.16 Å². The number of benzene rings is 3. The molecule has 0 saturated heterocycles. The van der Waals surface area contributed by atoms with Crippen molar-refractivity contribution < 1.29 is 14.3 Å². The second kappa shape index (κ2) is 11.2. The number of methoxy groups -OCH3 is 2. The number of rotatable bonds is 8. The minimum Gasteiger partial charge on any atom is -0.497 e. The van der Waals surface area contributed by atoms with Crippen LogP contribution in [0.15, 0.2) is 86.3 Å². The fraction of sp³-hybridized carbons (Fsp3) is 0.120. The van der Waals surface area contributed by atoms with Crippen molar-refractivity contribution in [3.8, 4) is 17.2 Å². The first kappa shape index (κ1) is 24.5. The van der Waals surface area contributed by atoms with Crippen molar-refractivity contribution in [1.82, 2.24) is 15.0 Å². The van der Waals surface area contributed by atoms with E-state index in [-0.39, 0.29) is 17.2 Å². The Hall–Kier alpha value is -3.63. The van der Waals surface area contributed by atoms with Gasteiger partial charge in [-0.2, -0.15) is 5.10 Å². The first-order chi connectivity index (χ1) is 17.0. The fourth-order valence-corrected chi connectivity index (χ4v) is 4.37. The van der Waals surface area contributed by atoms with Gasteiger partial charge in [-0.1, -0.05) is 39.8 Å². The average molecular weight is 553 g/mol. The molecular formula is C25H21BrN4O4S. The number of amides is 1. The molecule has 1 amide bonds. The van der Waals surface area contributed by atoms with E-state index in [4.69, 9.17) is 9.47 Å². The molecule has 0 unspecified atom stereocenters. The maximum Gasteiger partial charge on any atom is 0.266 e. The van der Waals surface area contributed by atoms with Crippen LogP contribution >= 0.6 is 27.7 Å². The third-order valence-corrected chi connectivity index (χ3v) is 6.46. The molecular weight excluding hydrogens is 532 g/mol. The summed E-state index contributed by atoms with van der Waals surface area (Å²) in [7, 11) is 3.12. The van der Waals surface area contributed by atoms with Crippen LogP contribution in [0.2, 0.25) is 0 Å². The molecule has 0 radical (unpaired) electrons. The smallest absolute Gasteiger partial charge is 0.266 e. The molecule has 1 aromatic heterocycles. The molecule has 0 aliphatic rings. The molecule has 35 heavy (non-hydrogen) atoms. The lowest BCUT2D eigenvalue weighted by Gasteiger charge is -2.13. The number of carbonyl (C=O) groups excluding carboxylic acids is 1. The third-order valence-electron chi connectivity index (χ3n) is 4.99. The molecule has 0 saturated carbocycles. The summed E-state index contributed by atoms with van der Waals surface area (Å²) in [6, 6.07) is 19.7. The Morgan fingerprint density at radius 2 is 1.89 bits per heavy atom. The lowest BCUT2D eigenvalue weighted by molar-refractivity contribution is -0.118. The molecule has 8 nitrogen and oxygen atoms in total. The quantitative estimate of drug-likeness (QED) is 0.150. The number of nitrogens with one attached hydrogen (secondary N) is 1. The second-order valence-electron chi connectivity index (χ2n) is 7.22. The average Bonchev–Trinajstić information content (AvgIpc) is 2.88. The van der Waals surface area contributed by atoms with Gasteiger partial charge in [0.1, 0.15) is 11.5 Å². The van der Waals surface area contributed by atoms with Crippen molar-refractivity contribution in [2.75, 3.05) is 20.0 Å². The minimum atomic E-state index is -0.349. The van der Waals surface area contributed by atoms with Crippen LogP contribution in [0.3, 0.4) is 0 Å². The lowest BCUT2D eigenvalue weighted by Crippen LogP contribution is -2.24. The van der Waals surface area contributed by atoms with E-state index in [2.05, 4.69) is 31.4 Å². The number of hydrazone groups is 1. The molecule has 178 valence electrons. The SMILES string of the molecule is COc1ccc(OC)c(/C=N\NC(=O)CSc2nc3ccccc3c(=O)n2-c2ccc(Br)cc2)c1. The standard InChI is InChI=1S/C25H21BrN4O4S/c1-33-19-11-12-22(34-2)16(13-19)14-27-29-23(31)15-35-25-28-21-6-4-3-5-20(21)24(32)30(25)18-9-7-17(26)8-10-18/h3-14H,15H2,1-2H3,(H,29,31)/b27-14-. The van der Waals surface area contributed by atoms with Gasteiger partial charge in [-0.15, -0.1) is 0 Å². The molecule has 0 fully saturated rings. The van der Waals surface area contributed by atoms with Crippen molar-refractivity contribution in [2.45, 2.75) is 5.16 Å². The fourth-order valence-electron chi connectivity index (χ4n) is 3.30. The van der Waals surface area contributed by atoms with Gasteiger partial charge in [-0.3, -0.25) is 14.2 Å². The van der Waals surface area contributed by atoms with E-state index >= 15 is 0 Å². The summed E-state index contributed by atoms with van der Waals surface area (Å²) < 4.78 is 12.9. The van der Waals surface area contributed by atoms with E-state index in [1.54, 1.807) is 50.6 Å². The zero-order chi connectivity index (χ0) is 24.8. The van der Waals surface area contributed by atoms with Crippen molar-refractivity contribution in [1.29, 1.82) is 0 Å². The van der Waals surface area contributed by atoms with Gasteiger partial charge in [0.2, 0.25) is 0 Å². The van der Waals surface area contributed by atoms with Crippen LogP contribution in [0.5, 0.6) is 11.5 Å². The first-order valence-corrected chi connectivity index (χ1v) is 12.2. The molecule has 3 aromatic carbocycles. The van der Waals surface area contributed by atoms with E-state index in [1.807, 2.05) is 30.3 Å². The van der Waals surface area contributed by atoms with Crippen LogP contribution in [0.4, 0.5) is 0 Å². The second-order valence-corrected chi connectivity index (χ2v) is 9.08. The predicted octanol–water partition coefficient (Wildman–Crippen LogP) is 4.41. The van der Waals surface area contributed by atoms with Gasteiger partial charge < -0.3 is 9.47 Å². The molecule has 10 heteroatoms. The molecule has 0 bridgehead atoms. The summed E-state index contributed by atoms with van der Waals surface area (Å²) in [5.41, 5.74) is 4.17. The van der Waals surface area contributed by atoms with Gasteiger partial charge in [0.05, 0.1) is 42.8 Å². The minimum absolute atomic E-state index is 0.00783. The third kappa shape index (κ3) is 5.72. The summed E-state index contributed by atoms with van der Waals surface area (Å²) in [5.74, 6) is 0.894. The zero-order valence-corrected chi connectivity index (χ0v) is 21.3. The molecule has 1 N–H and O–H groups in total. The number of aromatic nitrogens is 2. The van der Waals surface area contributed by atoms with E-state index in [9.17, 15) is 9.59 Å². The maximum absolute atomic E-state index is 13.3. The number of hydrogen-bond donors (Lipinski definition) is 1. The Morgan fingerprint density at radius 1 is 1.11 bits per heavy atom. The van der Waals surface area contributed by atoms with Gasteiger partial charge in [-0.25, -0.2) is 10.4 Å². The Labute approximate surface area is 214 Å². The van der Waals surface area contributed by atoms with Gasteiger partial charge in [-0.05, 0) is 54.6 Å². The van der Waals surface area contributed by atoms with Crippen LogP contribution in [-0.4, -0.2) is 41.6 Å². The first-order valence-electron chi connectivity index (χ1n) is 10.4. The number of fused-ring (bicyclic) bond motifs is 1. The molecule has 4 rings (SSSR count). The van der Waals surface area contributed by atoms with E-state index in [1.165, 1.54) is 10.8 Å². The number of para-hydroxylation sites is 1. The maximum atomic E-state index is 13.3. The van der Waals surface area contributed by atoms with Crippen LogP contribution in [0.25, 0.3) is 16.6 Å². The summed E-state index contributed by atoms with van der Waals surface area (Å²) in [5, 5.41) is 4.94. The summed E-state index contributed by atoms with van der Waals surface area (Å²) in [6.07, 6.45) is 1.48. The van der Waals surface area contributed by atoms with Crippen LogP contribution < -0.4 is 20.5 Å². The van der Waals surface area contributed by atoms with Gasteiger partial charge in [0, 0.05) is 10.0 Å². The van der Waals surface area contributed by atoms with Crippen LogP contribution in [0, 0.1) is 0 Å². The number of ether oxygens (including phenoxy) is 2. The topological polar surface area (TPSA) is 94.8 Å². The largest absolute Gasteiger partial charge is 0.497 e. The van der Waals surface area contributed by atoms with Crippen molar-refractivity contribution >= 4 is 50.7 Å². The Morgan fingerprint density at radius 3 is 2.63 bits per heavy atom. The highest BCUT2D eigenvalue weighted by atomic mass is 79.9. The molecule has 4 aromatic rings. The normalized spacial score (nSPS) is 11.1. The van der Waals surface area contributed by atoms with Crippen molar-refractivity contribution in [3.63, 3.8) is 0 Å². The number of halogens is 1. The van der Waals surface area contributed by atoms with Crippen LogP contribution in [-0.2, 0) is 4.79 Å². The molecule has 0 aliphatic carbocycles. The van der Waals surface area contributed by atoms with Gasteiger partial charge >= 0.3 is 0 Å². The Bertz CT molecular complexity index is 1450. The van der Waals surface area contributed by atoms with E-state index in [0.29, 0.717) is 38.8 Å². The van der Waals surface area contributed by atoms with Crippen LogP contribution in [0.1, 0.15) is 5.56 Å². The lowest BCUT2D eigenvalue weighted by atomic mass is 10.2. The highest BCUT2D eigenvalue weighted by Gasteiger charge is 2.15. The number of hydrogen-bond acceptors (Lipinski definition) is 7. The van der Waals surface area contributed by atoms with E-state index < -0.39 is 0 Å². The zero-order valence-electron chi connectivity index (χ0n) is 18.9. The van der Waals surface area contributed by atoms with Gasteiger partial charge in [0.25, 0.3) is 11.5 Å². The highest BCUT2D eigenvalue weighted by molar-refractivity contribution is 9.10. The molecule has 0 atom stereocenters. The Balaban J connectivity index is 1.54.